The van der Waals surface area contributed by atoms with E-state index in [0.29, 0.717) is 36.0 Å². The van der Waals surface area contributed by atoms with Crippen LogP contribution in [0.15, 0.2) is 30.5 Å². The maximum atomic E-state index is 13.7. The molecule has 10 nitrogen and oxygen atoms in total. The van der Waals surface area contributed by atoms with E-state index in [1.54, 1.807) is 27.6 Å². The van der Waals surface area contributed by atoms with Gasteiger partial charge in [0, 0.05) is 48.7 Å². The van der Waals surface area contributed by atoms with Crippen molar-refractivity contribution in [1.29, 1.82) is 4.78 Å². The first kappa shape index (κ1) is 23.8. The number of aromatic nitrogens is 3. The zero-order valence-electron chi connectivity index (χ0n) is 19.6. The van der Waals surface area contributed by atoms with Gasteiger partial charge in [0.25, 0.3) is 5.91 Å². The maximum absolute atomic E-state index is 13.7. The summed E-state index contributed by atoms with van der Waals surface area (Å²) >= 11 is 6.20. The van der Waals surface area contributed by atoms with Crippen LogP contribution in [0.5, 0.6) is 0 Å². The van der Waals surface area contributed by atoms with Crippen molar-refractivity contribution >= 4 is 44.6 Å². The molecule has 3 aromatic rings. The molecule has 0 saturated carbocycles. The zero-order chi connectivity index (χ0) is 24.9. The fourth-order valence-electron chi connectivity index (χ4n) is 4.76. The lowest BCUT2D eigenvalue weighted by molar-refractivity contribution is 0.0607. The number of carbonyl (C=O) groups excluding carboxylic acids is 1. The van der Waals surface area contributed by atoms with Crippen LogP contribution in [0.4, 0.5) is 11.5 Å². The number of aliphatic hydroxyl groups is 1. The summed E-state index contributed by atoms with van der Waals surface area (Å²) in [6, 6.07) is 6.39. The van der Waals surface area contributed by atoms with Crippen molar-refractivity contribution in [2.75, 3.05) is 35.5 Å². The first-order valence-electron chi connectivity index (χ1n) is 11.5. The summed E-state index contributed by atoms with van der Waals surface area (Å²) < 4.78 is 24.2. The number of rotatable bonds is 5. The van der Waals surface area contributed by atoms with Gasteiger partial charge in [0.15, 0.2) is 5.65 Å². The monoisotopic (exact) mass is 517 g/mol. The van der Waals surface area contributed by atoms with Crippen LogP contribution in [0.3, 0.4) is 0 Å². The molecule has 1 amide bonds. The second-order valence-corrected chi connectivity index (χ2v) is 11.7. The molecule has 5 rings (SSSR count). The van der Waals surface area contributed by atoms with Crippen molar-refractivity contribution in [3.05, 3.63) is 52.3 Å². The highest BCUT2D eigenvalue weighted by molar-refractivity contribution is 7.93. The van der Waals surface area contributed by atoms with Crippen LogP contribution in [0.25, 0.3) is 5.65 Å². The average Bonchev–Trinajstić information content (AvgIpc) is 3.19. The number of halogens is 1. The molecule has 2 aliphatic rings. The Labute approximate surface area is 209 Å². The normalized spacial score (nSPS) is 20.5. The predicted octanol–water partition coefficient (Wildman–Crippen LogP) is 3.24. The highest BCUT2D eigenvalue weighted by Gasteiger charge is 2.33. The van der Waals surface area contributed by atoms with Gasteiger partial charge in [0.05, 0.1) is 29.1 Å². The lowest BCUT2D eigenvalue weighted by Crippen LogP contribution is -2.51. The van der Waals surface area contributed by atoms with Gasteiger partial charge < -0.3 is 14.9 Å². The summed E-state index contributed by atoms with van der Waals surface area (Å²) in [5.74, 6) is 0.582. The van der Waals surface area contributed by atoms with Crippen molar-refractivity contribution in [3.63, 3.8) is 0 Å². The number of amides is 1. The average molecular weight is 518 g/mol. The van der Waals surface area contributed by atoms with E-state index in [1.165, 1.54) is 6.26 Å². The summed E-state index contributed by atoms with van der Waals surface area (Å²) in [4.78, 5) is 22.3. The number of benzene rings is 1. The first-order valence-corrected chi connectivity index (χ1v) is 13.9. The largest absolute Gasteiger partial charge is 0.389 e. The van der Waals surface area contributed by atoms with E-state index in [0.717, 1.165) is 36.3 Å². The Balaban J connectivity index is 1.49. The van der Waals surface area contributed by atoms with E-state index >= 15 is 0 Å². The fourth-order valence-corrected chi connectivity index (χ4v) is 5.53. The van der Waals surface area contributed by atoms with Gasteiger partial charge in [-0.2, -0.15) is 5.10 Å². The third-order valence-corrected chi connectivity index (χ3v) is 7.25. The molecule has 2 atom stereocenters. The van der Waals surface area contributed by atoms with Crippen molar-refractivity contribution in [3.8, 4) is 0 Å². The summed E-state index contributed by atoms with van der Waals surface area (Å²) in [6.07, 6.45) is 5.44. The minimum absolute atomic E-state index is 0.249. The van der Waals surface area contributed by atoms with E-state index in [-0.39, 0.29) is 23.6 Å². The molecule has 2 fully saturated rings. The van der Waals surface area contributed by atoms with Gasteiger partial charge in [0.1, 0.15) is 15.7 Å². The quantitative estimate of drug-likeness (QED) is 0.477. The second-order valence-electron chi connectivity index (χ2n) is 9.32. The Kier molecular flexibility index (Phi) is 6.10. The van der Waals surface area contributed by atoms with Gasteiger partial charge in [-0.1, -0.05) is 11.6 Å². The van der Waals surface area contributed by atoms with Crippen molar-refractivity contribution in [2.45, 2.75) is 38.3 Å². The summed E-state index contributed by atoms with van der Waals surface area (Å²) in [5.41, 5.74) is 3.00. The molecule has 35 heavy (non-hydrogen) atoms. The van der Waals surface area contributed by atoms with Gasteiger partial charge in [0.2, 0.25) is 0 Å². The molecule has 0 radical (unpaired) electrons. The number of hydrogen-bond donors (Lipinski definition) is 3. The van der Waals surface area contributed by atoms with E-state index in [2.05, 4.69) is 4.72 Å². The van der Waals surface area contributed by atoms with E-state index in [4.69, 9.17) is 26.5 Å². The number of carbonyl (C=O) groups is 1. The topological polar surface area (TPSA) is 127 Å². The number of nitrogens with one attached hydrogen (secondary N) is 2. The predicted molar refractivity (Wildman–Crippen MR) is 135 cm³/mol. The number of aryl methyl sites for hydroxylation is 1. The lowest BCUT2D eigenvalue weighted by Gasteiger charge is -2.37. The second kappa shape index (κ2) is 8.96. The molecule has 2 aliphatic heterocycles. The first-order chi connectivity index (χ1) is 16.6. The van der Waals surface area contributed by atoms with Crippen LogP contribution in [-0.2, 0) is 9.92 Å². The number of nitrogens with zero attached hydrogens (tertiary/aromatic N) is 5. The third-order valence-electron chi connectivity index (χ3n) is 6.41. The Morgan fingerprint density at radius 2 is 2.06 bits per heavy atom. The number of piperidine rings is 1. The molecule has 2 saturated heterocycles. The number of likely N-dealkylation sites (tertiary alicyclic amines) is 1. The molecule has 0 spiro atoms. The Morgan fingerprint density at radius 1 is 1.29 bits per heavy atom. The molecule has 186 valence electrons. The molecule has 2 aromatic heterocycles. The third kappa shape index (κ3) is 4.80. The van der Waals surface area contributed by atoms with E-state index < -0.39 is 9.92 Å². The highest BCUT2D eigenvalue weighted by Crippen LogP contribution is 2.34. The van der Waals surface area contributed by atoms with E-state index in [9.17, 15) is 14.1 Å². The minimum atomic E-state index is -3.08. The number of anilines is 2. The van der Waals surface area contributed by atoms with Crippen molar-refractivity contribution in [2.24, 2.45) is 0 Å². The summed E-state index contributed by atoms with van der Waals surface area (Å²) in [7, 11) is -3.08. The summed E-state index contributed by atoms with van der Waals surface area (Å²) in [6.45, 7) is 3.65. The molecule has 4 heterocycles. The smallest absolute Gasteiger partial charge is 0.256 e. The van der Waals surface area contributed by atoms with Crippen LogP contribution < -0.4 is 9.62 Å². The fraction of sp³-hybridized carbons (Fsp3) is 0.435. The molecular formula is C23H28ClN7O3S. The van der Waals surface area contributed by atoms with Crippen LogP contribution >= 0.6 is 11.6 Å². The molecular weight excluding hydrogens is 490 g/mol. The molecule has 12 heteroatoms. The Bertz CT molecular complexity index is 1400. The van der Waals surface area contributed by atoms with Crippen molar-refractivity contribution < 1.29 is 14.1 Å². The number of fused-ring (bicyclic) bond motifs is 1. The highest BCUT2D eigenvalue weighted by atomic mass is 35.5. The number of β-amino-alcohol motifs (C(OH)–C–C–N with tert-alkyl or cyclic N) is 1. The van der Waals surface area contributed by atoms with Gasteiger partial charge in [-0.15, -0.1) is 0 Å². The lowest BCUT2D eigenvalue weighted by atomic mass is 9.98. The zero-order valence-corrected chi connectivity index (χ0v) is 21.1. The van der Waals surface area contributed by atoms with Crippen LogP contribution in [0, 0.1) is 11.7 Å². The molecule has 1 aromatic carbocycles. The van der Waals surface area contributed by atoms with Crippen LogP contribution in [-0.4, -0.2) is 66.7 Å². The van der Waals surface area contributed by atoms with Gasteiger partial charge in [-0.05, 0) is 44.4 Å². The maximum Gasteiger partial charge on any atom is 0.256 e. The Morgan fingerprint density at radius 3 is 2.77 bits per heavy atom. The minimum Gasteiger partial charge on any atom is -0.389 e. The van der Waals surface area contributed by atoms with Gasteiger partial charge in [-0.25, -0.2) is 18.5 Å². The van der Waals surface area contributed by atoms with Gasteiger partial charge in [-0.3, -0.25) is 9.52 Å². The van der Waals surface area contributed by atoms with Gasteiger partial charge >= 0.3 is 0 Å². The summed E-state index contributed by atoms with van der Waals surface area (Å²) in [5, 5.41) is 14.8. The number of hydrogen-bond acceptors (Lipinski definition) is 7. The molecule has 3 N–H and O–H groups in total. The standard InChI is InChI=1S/C23H28ClN7O3S/c1-14-11-31-21(26-22(14)29-12-16(32)13-29)10-19(27-31)20-5-3-4-8-30(20)23(33)17-9-15(24)6-7-18(17)28-35(2,25)34/h6-7,9-11,16,20,32H,3-5,8,12-13H2,1-2H3,(H2,25,28,34)/t20-,35?/m0/s1. The Hall–Kier alpha value is -2.89. The molecule has 0 bridgehead atoms. The van der Waals surface area contributed by atoms with Crippen LogP contribution in [0.1, 0.15) is 46.9 Å². The molecule has 1 unspecified atom stereocenters. The van der Waals surface area contributed by atoms with Crippen molar-refractivity contribution in [1.82, 2.24) is 19.5 Å². The SMILES string of the molecule is Cc1cn2nc([C@@H]3CCCCN3C(=O)c3cc(Cl)ccc3NS(C)(=N)=O)cc2nc1N1CC(O)C1. The van der Waals surface area contributed by atoms with E-state index in [1.807, 2.05) is 24.1 Å². The number of aliphatic hydroxyl groups excluding tert-OH is 1. The molecule has 0 aliphatic carbocycles. The van der Waals surface area contributed by atoms with Crippen LogP contribution in [0.2, 0.25) is 5.02 Å².